The quantitative estimate of drug-likeness (QED) is 0.593. The summed E-state index contributed by atoms with van der Waals surface area (Å²) < 4.78 is 61.9. The molecule has 3 heterocycles. The lowest BCUT2D eigenvalue weighted by Crippen LogP contribution is -2.45. The second-order valence-corrected chi connectivity index (χ2v) is 12.4. The molecule has 0 bridgehead atoms. The number of carbonyl (C=O) groups excluding carboxylic acids is 1. The van der Waals surface area contributed by atoms with Crippen LogP contribution in [0.4, 0.5) is 0 Å². The molecular weight excluding hydrogens is 444 g/mol. The lowest BCUT2D eigenvalue weighted by molar-refractivity contribution is 0.0441. The number of sulfonamides is 1. The van der Waals surface area contributed by atoms with Gasteiger partial charge in [-0.25, -0.2) is 16.8 Å². The topological polar surface area (TPSA) is 110 Å². The fraction of sp³-hybridized carbons (Fsp3) is 0.650. The van der Waals surface area contributed by atoms with Crippen LogP contribution in [0.15, 0.2) is 29.2 Å². The second kappa shape index (κ2) is 9.14. The highest BCUT2D eigenvalue weighted by molar-refractivity contribution is 7.91. The second-order valence-electron chi connectivity index (χ2n) is 8.19. The number of nitrogens with zero attached hydrogens (tertiary/aromatic N) is 2. The summed E-state index contributed by atoms with van der Waals surface area (Å²) in [7, 11) is -6.80. The van der Waals surface area contributed by atoms with Gasteiger partial charge >= 0.3 is 0 Å². The van der Waals surface area contributed by atoms with Gasteiger partial charge in [-0.3, -0.25) is 4.79 Å². The maximum absolute atomic E-state index is 13.3. The van der Waals surface area contributed by atoms with E-state index in [-0.39, 0.29) is 28.4 Å². The van der Waals surface area contributed by atoms with Gasteiger partial charge in [-0.05, 0) is 43.5 Å². The van der Waals surface area contributed by atoms with E-state index >= 15 is 0 Å². The van der Waals surface area contributed by atoms with Crippen LogP contribution in [0.5, 0.6) is 0 Å². The fourth-order valence-electron chi connectivity index (χ4n) is 4.30. The van der Waals surface area contributed by atoms with Gasteiger partial charge in [0, 0.05) is 37.8 Å². The van der Waals surface area contributed by atoms with Gasteiger partial charge in [-0.2, -0.15) is 4.31 Å². The summed E-state index contributed by atoms with van der Waals surface area (Å²) in [5.41, 5.74) is 0.336. The van der Waals surface area contributed by atoms with E-state index in [4.69, 9.17) is 9.47 Å². The van der Waals surface area contributed by atoms with Crippen molar-refractivity contribution >= 4 is 25.8 Å². The number of carbonyl (C=O) groups is 1. The van der Waals surface area contributed by atoms with E-state index in [1.807, 2.05) is 0 Å². The van der Waals surface area contributed by atoms with Crippen LogP contribution in [0.1, 0.15) is 29.6 Å². The number of hydrogen-bond donors (Lipinski definition) is 0. The lowest BCUT2D eigenvalue weighted by Gasteiger charge is -2.30. The normalized spacial score (nSPS) is 26.7. The summed E-state index contributed by atoms with van der Waals surface area (Å²) in [6, 6.07) is 5.49. The molecule has 3 aliphatic rings. The first-order valence-electron chi connectivity index (χ1n) is 10.6. The highest BCUT2D eigenvalue weighted by atomic mass is 32.2. The zero-order valence-electron chi connectivity index (χ0n) is 17.3. The Morgan fingerprint density at radius 2 is 1.81 bits per heavy atom. The molecule has 1 aromatic rings. The summed E-state index contributed by atoms with van der Waals surface area (Å²) in [4.78, 5) is 15.0. The Hall–Kier alpha value is -1.53. The van der Waals surface area contributed by atoms with Crippen molar-refractivity contribution in [1.82, 2.24) is 9.21 Å². The predicted molar refractivity (Wildman–Crippen MR) is 113 cm³/mol. The van der Waals surface area contributed by atoms with E-state index in [1.165, 1.54) is 28.6 Å². The van der Waals surface area contributed by atoms with Gasteiger partial charge in [-0.15, -0.1) is 0 Å². The highest BCUT2D eigenvalue weighted by Crippen LogP contribution is 2.24. The molecule has 172 valence electrons. The average Bonchev–Trinajstić information content (AvgIpc) is 3.41. The van der Waals surface area contributed by atoms with E-state index in [1.54, 1.807) is 4.90 Å². The maximum atomic E-state index is 13.3. The monoisotopic (exact) mass is 472 g/mol. The molecule has 3 fully saturated rings. The molecule has 4 rings (SSSR count). The van der Waals surface area contributed by atoms with E-state index in [0.717, 1.165) is 12.8 Å². The molecule has 0 spiro atoms. The average molecular weight is 473 g/mol. The molecule has 3 saturated heterocycles. The van der Waals surface area contributed by atoms with Crippen LogP contribution in [0.25, 0.3) is 0 Å². The van der Waals surface area contributed by atoms with Crippen molar-refractivity contribution in [3.05, 3.63) is 29.8 Å². The van der Waals surface area contributed by atoms with E-state index in [0.29, 0.717) is 51.4 Å². The first-order valence-corrected chi connectivity index (χ1v) is 13.8. The summed E-state index contributed by atoms with van der Waals surface area (Å²) in [6.07, 6.45) is 2.06. The summed E-state index contributed by atoms with van der Waals surface area (Å²) in [5.74, 6) is -0.272. The lowest BCUT2D eigenvalue weighted by atomic mass is 10.1. The number of sulfone groups is 1. The Morgan fingerprint density at radius 3 is 2.39 bits per heavy atom. The largest absolute Gasteiger partial charge is 0.379 e. The molecule has 0 radical (unpaired) electrons. The summed E-state index contributed by atoms with van der Waals surface area (Å²) in [5, 5.41) is 0. The maximum Gasteiger partial charge on any atom is 0.254 e. The minimum Gasteiger partial charge on any atom is -0.379 e. The highest BCUT2D eigenvalue weighted by Gasteiger charge is 2.37. The van der Waals surface area contributed by atoms with Crippen molar-refractivity contribution in [3.63, 3.8) is 0 Å². The molecule has 0 saturated carbocycles. The van der Waals surface area contributed by atoms with Crippen molar-refractivity contribution in [3.8, 4) is 0 Å². The van der Waals surface area contributed by atoms with Crippen LogP contribution < -0.4 is 0 Å². The Kier molecular flexibility index (Phi) is 6.68. The molecule has 0 aliphatic carbocycles. The first kappa shape index (κ1) is 22.7. The first-order chi connectivity index (χ1) is 14.8. The van der Waals surface area contributed by atoms with Gasteiger partial charge in [0.15, 0.2) is 9.84 Å². The third-order valence-electron chi connectivity index (χ3n) is 6.04. The standard InChI is InChI=1S/C20H28N2O7S2/c23-20(22(14-18-2-1-10-29-18)17-7-13-30(24,25)15-17)16-3-5-19(6-4-16)31(26,27)21-8-11-28-12-9-21/h3-6,17-18H,1-2,7-15H2/t17-,18-/m0/s1. The van der Waals surface area contributed by atoms with Crippen molar-refractivity contribution in [2.45, 2.75) is 36.3 Å². The molecule has 11 heteroatoms. The zero-order chi connectivity index (χ0) is 22.1. The van der Waals surface area contributed by atoms with Crippen molar-refractivity contribution < 1.29 is 31.1 Å². The van der Waals surface area contributed by atoms with Gasteiger partial charge in [0.2, 0.25) is 10.0 Å². The number of ether oxygens (including phenoxy) is 2. The summed E-state index contributed by atoms with van der Waals surface area (Å²) in [6.45, 7) is 2.30. The molecule has 0 N–H and O–H groups in total. The smallest absolute Gasteiger partial charge is 0.254 e. The van der Waals surface area contributed by atoms with Crippen LogP contribution in [-0.2, 0) is 29.3 Å². The number of amides is 1. The Morgan fingerprint density at radius 1 is 1.10 bits per heavy atom. The van der Waals surface area contributed by atoms with Gasteiger partial charge in [0.05, 0.1) is 35.7 Å². The number of hydrogen-bond acceptors (Lipinski definition) is 7. The number of morpholine rings is 1. The third kappa shape index (κ3) is 5.11. The SMILES string of the molecule is O=C(c1ccc(S(=O)(=O)N2CCOCC2)cc1)N(C[C@@H]1CCCO1)[C@H]1CCS(=O)(=O)C1. The minimum atomic E-state index is -3.65. The molecule has 1 amide bonds. The van der Waals surface area contributed by atoms with E-state index in [2.05, 4.69) is 0 Å². The zero-order valence-corrected chi connectivity index (χ0v) is 18.9. The Labute approximate surface area is 183 Å². The third-order valence-corrected chi connectivity index (χ3v) is 9.71. The van der Waals surface area contributed by atoms with Crippen LogP contribution in [0.2, 0.25) is 0 Å². The molecule has 0 aromatic heterocycles. The van der Waals surface area contributed by atoms with Gasteiger partial charge in [-0.1, -0.05) is 0 Å². The van der Waals surface area contributed by atoms with Gasteiger partial charge < -0.3 is 14.4 Å². The number of benzene rings is 1. The molecular formula is C20H28N2O7S2. The number of rotatable bonds is 6. The van der Waals surface area contributed by atoms with Crippen molar-refractivity contribution in [2.75, 3.05) is 51.0 Å². The molecule has 31 heavy (non-hydrogen) atoms. The summed E-state index contributed by atoms with van der Waals surface area (Å²) >= 11 is 0. The predicted octanol–water partition coefficient (Wildman–Crippen LogP) is 0.516. The van der Waals surface area contributed by atoms with Gasteiger partial charge in [0.1, 0.15) is 0 Å². The minimum absolute atomic E-state index is 0.0467. The van der Waals surface area contributed by atoms with Crippen LogP contribution in [-0.4, -0.2) is 95.1 Å². The van der Waals surface area contributed by atoms with Crippen LogP contribution in [0.3, 0.4) is 0 Å². The molecule has 0 unspecified atom stereocenters. The van der Waals surface area contributed by atoms with Crippen LogP contribution in [0, 0.1) is 0 Å². The van der Waals surface area contributed by atoms with Crippen molar-refractivity contribution in [2.24, 2.45) is 0 Å². The Balaban J connectivity index is 1.53. The van der Waals surface area contributed by atoms with E-state index < -0.39 is 25.9 Å². The Bertz CT molecular complexity index is 996. The van der Waals surface area contributed by atoms with Crippen LogP contribution >= 0.6 is 0 Å². The van der Waals surface area contributed by atoms with Gasteiger partial charge in [0.25, 0.3) is 5.91 Å². The molecule has 2 atom stereocenters. The van der Waals surface area contributed by atoms with E-state index in [9.17, 15) is 21.6 Å². The molecule has 9 nitrogen and oxygen atoms in total. The fourth-order valence-corrected chi connectivity index (χ4v) is 7.44. The molecule has 1 aromatic carbocycles. The molecule has 3 aliphatic heterocycles. The van der Waals surface area contributed by atoms with Crippen molar-refractivity contribution in [1.29, 1.82) is 0 Å².